The molecule has 0 saturated heterocycles. The third kappa shape index (κ3) is 5.28. The van der Waals surface area contributed by atoms with Crippen LogP contribution in [0, 0.1) is 18.6 Å². The number of H-pyrrole nitrogens is 1. The van der Waals surface area contributed by atoms with Gasteiger partial charge in [-0.05, 0) is 67.5 Å². The average Bonchev–Trinajstić information content (AvgIpc) is 3.07. The Morgan fingerprint density at radius 2 is 1.78 bits per heavy atom. The molecule has 0 unspecified atom stereocenters. The predicted octanol–water partition coefficient (Wildman–Crippen LogP) is 2.79. The minimum absolute atomic E-state index is 0.232. The maximum Gasteiger partial charge on any atom is 0.318 e. The molecule has 0 aliphatic rings. The van der Waals surface area contributed by atoms with Gasteiger partial charge in [-0.3, -0.25) is 0 Å². The molecule has 3 rings (SSSR count). The van der Waals surface area contributed by atoms with E-state index in [-0.39, 0.29) is 17.5 Å². The van der Waals surface area contributed by atoms with Crippen LogP contribution in [-0.2, 0) is 0 Å². The fourth-order valence-electron chi connectivity index (χ4n) is 2.07. The lowest BCUT2D eigenvalue weighted by Gasteiger charge is -2.06. The van der Waals surface area contributed by atoms with Crippen LogP contribution in [0.1, 0.15) is 11.1 Å². The van der Waals surface area contributed by atoms with Gasteiger partial charge in [-0.15, -0.1) is 0 Å². The maximum atomic E-state index is 11.2. The quantitative estimate of drug-likeness (QED) is 0.339. The van der Waals surface area contributed by atoms with E-state index < -0.39 is 0 Å². The van der Waals surface area contributed by atoms with Gasteiger partial charge in [0.05, 0.1) is 5.69 Å². The Morgan fingerprint density at radius 3 is 2.30 bits per heavy atom. The van der Waals surface area contributed by atoms with Crippen LogP contribution in [0.5, 0.6) is 11.5 Å². The van der Waals surface area contributed by atoms with E-state index in [1.165, 1.54) is 4.68 Å². The zero-order chi connectivity index (χ0) is 20.0. The second-order valence-corrected chi connectivity index (χ2v) is 5.96. The number of rotatable bonds is 2. The molecule has 3 aromatic rings. The summed E-state index contributed by atoms with van der Waals surface area (Å²) in [5.74, 6) is 0.464. The normalized spacial score (nSPS) is 9.89. The molecule has 0 radical (unpaired) electrons. The first-order valence-corrected chi connectivity index (χ1v) is 8.31. The lowest BCUT2D eigenvalue weighted by Crippen LogP contribution is -2.24. The van der Waals surface area contributed by atoms with E-state index in [1.54, 1.807) is 51.2 Å². The highest BCUT2D eigenvalue weighted by molar-refractivity contribution is 7.71. The standard InChI is InChI=1S/C9H10N6OS.C8H10O2/c1-10-8(16)11-6-3-2-4-7(5-6)15-9(17)12-13-14-15;1-5-3-8(10)6(2)4-7(5)9/h2-5H,1H3,(H2,10,11,16)(H,12,14,17);3-4,9-10H,1-2H3. The molecular formula is C17H20N6O3S. The first-order chi connectivity index (χ1) is 12.8. The molecule has 27 heavy (non-hydrogen) atoms. The summed E-state index contributed by atoms with van der Waals surface area (Å²) in [5.41, 5.74) is 2.79. The largest absolute Gasteiger partial charge is 0.508 e. The molecule has 1 aromatic heterocycles. The van der Waals surface area contributed by atoms with Gasteiger partial charge in [0.1, 0.15) is 11.5 Å². The summed E-state index contributed by atoms with van der Waals surface area (Å²) in [4.78, 5) is 11.2. The number of hydrogen-bond acceptors (Lipinski definition) is 6. The fraction of sp³-hybridized carbons (Fsp3) is 0.176. The zero-order valence-corrected chi connectivity index (χ0v) is 15.8. The smallest absolute Gasteiger partial charge is 0.318 e. The number of benzene rings is 2. The molecule has 0 fully saturated rings. The molecule has 0 aliphatic carbocycles. The van der Waals surface area contributed by atoms with E-state index in [4.69, 9.17) is 22.4 Å². The second kappa shape index (κ2) is 8.81. The molecule has 0 bridgehead atoms. The monoisotopic (exact) mass is 388 g/mol. The van der Waals surface area contributed by atoms with Crippen LogP contribution in [0.4, 0.5) is 10.5 Å². The molecule has 1 heterocycles. The Balaban J connectivity index is 0.000000223. The molecule has 0 spiro atoms. The number of aromatic nitrogens is 4. The van der Waals surface area contributed by atoms with Gasteiger partial charge < -0.3 is 20.8 Å². The van der Waals surface area contributed by atoms with Gasteiger partial charge in [-0.2, -0.15) is 5.21 Å². The van der Waals surface area contributed by atoms with Crippen molar-refractivity contribution >= 4 is 23.9 Å². The summed E-state index contributed by atoms with van der Waals surface area (Å²) in [6, 6.07) is 9.95. The number of phenolic OH excluding ortho intramolecular Hbond substituents is 2. The molecule has 2 amide bonds. The second-order valence-electron chi connectivity index (χ2n) is 5.60. The Morgan fingerprint density at radius 1 is 1.15 bits per heavy atom. The van der Waals surface area contributed by atoms with Gasteiger partial charge in [-0.25, -0.2) is 9.48 Å². The SMILES string of the molecule is CNC(=O)Nc1cccc(-n2[nH]nnc2=S)c1.Cc1cc(O)c(C)cc1O. The Kier molecular flexibility index (Phi) is 6.50. The molecule has 0 saturated carbocycles. The number of amides is 2. The number of nitrogens with zero attached hydrogens (tertiary/aromatic N) is 3. The number of aromatic amines is 1. The van der Waals surface area contributed by atoms with Crippen molar-refractivity contribution in [3.8, 4) is 17.2 Å². The van der Waals surface area contributed by atoms with E-state index >= 15 is 0 Å². The van der Waals surface area contributed by atoms with Crippen molar-refractivity contribution in [3.05, 3.63) is 52.3 Å². The number of carbonyl (C=O) groups excluding carboxylic acids is 1. The molecule has 0 aliphatic heterocycles. The number of anilines is 1. The molecule has 5 N–H and O–H groups in total. The number of phenols is 2. The van der Waals surface area contributed by atoms with Crippen molar-refractivity contribution in [3.63, 3.8) is 0 Å². The number of urea groups is 1. The summed E-state index contributed by atoms with van der Waals surface area (Å²) < 4.78 is 1.85. The summed E-state index contributed by atoms with van der Waals surface area (Å²) in [6.07, 6.45) is 0. The molecule has 2 aromatic carbocycles. The highest BCUT2D eigenvalue weighted by atomic mass is 32.1. The van der Waals surface area contributed by atoms with Crippen LogP contribution in [-0.4, -0.2) is 43.5 Å². The average molecular weight is 388 g/mol. The van der Waals surface area contributed by atoms with Crippen LogP contribution < -0.4 is 10.6 Å². The topological polar surface area (TPSA) is 128 Å². The van der Waals surface area contributed by atoms with E-state index in [0.29, 0.717) is 21.6 Å². The molecule has 10 heteroatoms. The highest BCUT2D eigenvalue weighted by Gasteiger charge is 2.03. The van der Waals surface area contributed by atoms with E-state index in [0.717, 1.165) is 5.69 Å². The van der Waals surface area contributed by atoms with E-state index in [1.807, 2.05) is 6.07 Å². The van der Waals surface area contributed by atoms with Gasteiger partial charge in [0.15, 0.2) is 0 Å². The zero-order valence-electron chi connectivity index (χ0n) is 15.0. The minimum atomic E-state index is -0.284. The van der Waals surface area contributed by atoms with E-state index in [2.05, 4.69) is 26.2 Å². The van der Waals surface area contributed by atoms with Gasteiger partial charge in [0, 0.05) is 12.7 Å². The van der Waals surface area contributed by atoms with Gasteiger partial charge in [0.2, 0.25) is 4.77 Å². The number of aryl methyl sites for hydroxylation is 2. The van der Waals surface area contributed by atoms with Crippen molar-refractivity contribution in [2.24, 2.45) is 0 Å². The molecule has 0 atom stereocenters. The summed E-state index contributed by atoms with van der Waals surface area (Å²) in [7, 11) is 1.55. The Hall–Kier alpha value is -3.40. The summed E-state index contributed by atoms with van der Waals surface area (Å²) in [5, 5.41) is 33.3. The highest BCUT2D eigenvalue weighted by Crippen LogP contribution is 2.25. The number of carbonyl (C=O) groups is 1. The predicted molar refractivity (Wildman–Crippen MR) is 104 cm³/mol. The maximum absolute atomic E-state index is 11.2. The van der Waals surface area contributed by atoms with Gasteiger partial charge >= 0.3 is 6.03 Å². The third-order valence-corrected chi connectivity index (χ3v) is 3.84. The first kappa shape index (κ1) is 19.9. The summed E-state index contributed by atoms with van der Waals surface area (Å²) >= 11 is 4.98. The molecule has 142 valence electrons. The van der Waals surface area contributed by atoms with Crippen molar-refractivity contribution < 1.29 is 15.0 Å². The van der Waals surface area contributed by atoms with Crippen LogP contribution in [0.2, 0.25) is 0 Å². The minimum Gasteiger partial charge on any atom is -0.508 e. The number of tetrazole rings is 1. The van der Waals surface area contributed by atoms with Crippen molar-refractivity contribution in [2.75, 3.05) is 12.4 Å². The van der Waals surface area contributed by atoms with Crippen LogP contribution >= 0.6 is 12.2 Å². The fourth-order valence-corrected chi connectivity index (χ4v) is 2.25. The van der Waals surface area contributed by atoms with Crippen LogP contribution in [0.3, 0.4) is 0 Å². The first-order valence-electron chi connectivity index (χ1n) is 7.90. The molecular weight excluding hydrogens is 368 g/mol. The van der Waals surface area contributed by atoms with Crippen LogP contribution in [0.25, 0.3) is 5.69 Å². The lowest BCUT2D eigenvalue weighted by molar-refractivity contribution is 0.254. The van der Waals surface area contributed by atoms with Crippen molar-refractivity contribution in [1.29, 1.82) is 0 Å². The van der Waals surface area contributed by atoms with Crippen LogP contribution in [0.15, 0.2) is 36.4 Å². The molecule has 9 nitrogen and oxygen atoms in total. The third-order valence-electron chi connectivity index (χ3n) is 3.58. The number of nitrogens with one attached hydrogen (secondary N) is 3. The lowest BCUT2D eigenvalue weighted by atomic mass is 10.1. The Labute approximate surface area is 160 Å². The summed E-state index contributed by atoms with van der Waals surface area (Å²) in [6.45, 7) is 3.49. The van der Waals surface area contributed by atoms with E-state index in [9.17, 15) is 4.79 Å². The number of aromatic hydroxyl groups is 2. The van der Waals surface area contributed by atoms with Crippen molar-refractivity contribution in [1.82, 2.24) is 25.5 Å². The number of hydrogen-bond donors (Lipinski definition) is 5. The van der Waals surface area contributed by atoms with Crippen molar-refractivity contribution in [2.45, 2.75) is 13.8 Å². The van der Waals surface area contributed by atoms with Gasteiger partial charge in [-0.1, -0.05) is 16.4 Å². The van der Waals surface area contributed by atoms with Gasteiger partial charge in [0.25, 0.3) is 0 Å². The Bertz CT molecular complexity index is 948.